The van der Waals surface area contributed by atoms with Crippen LogP contribution in [0.5, 0.6) is 0 Å². The number of anilines is 2. The minimum Gasteiger partial charge on any atom is -0.398 e. The van der Waals surface area contributed by atoms with E-state index in [0.717, 1.165) is 24.3 Å². The Kier molecular flexibility index (Phi) is 4.90. The summed E-state index contributed by atoms with van der Waals surface area (Å²) < 4.78 is 84.0. The number of benzene rings is 2. The first-order valence-electron chi connectivity index (χ1n) is 6.65. The summed E-state index contributed by atoms with van der Waals surface area (Å²) in [7, 11) is 0. The smallest absolute Gasteiger partial charge is 0.398 e. The van der Waals surface area contributed by atoms with E-state index in [0.29, 0.717) is 12.1 Å². The van der Waals surface area contributed by atoms with Crippen LogP contribution < -0.4 is 11.5 Å². The van der Waals surface area contributed by atoms with Crippen molar-refractivity contribution in [2.45, 2.75) is 27.6 Å². The predicted molar refractivity (Wildman–Crippen MR) is 89.1 cm³/mol. The van der Waals surface area contributed by atoms with E-state index in [1.54, 1.807) is 0 Å². The molecule has 0 heterocycles. The van der Waals surface area contributed by atoms with Crippen LogP contribution in [0.4, 0.5) is 37.7 Å². The Bertz CT molecular complexity index is 734. The third kappa shape index (κ3) is 2.91. The fraction of sp³-hybridized carbons (Fsp3) is 0.200. The predicted octanol–water partition coefficient (Wildman–Crippen LogP) is 4.84. The Balaban J connectivity index is 3.09. The zero-order valence-electron chi connectivity index (χ0n) is 12.3. The first-order valence-corrected chi connectivity index (χ1v) is 7.54. The molecule has 2 aromatic carbocycles. The normalized spacial score (nSPS) is 13.1. The first kappa shape index (κ1) is 19.6. The zero-order valence-corrected chi connectivity index (χ0v) is 14.1. The Morgan fingerprint density at radius 3 is 1.24 bits per heavy atom. The van der Waals surface area contributed by atoms with E-state index in [-0.39, 0.29) is 11.4 Å². The molecule has 136 valence electrons. The Labute approximate surface area is 150 Å². The largest absolute Gasteiger partial charge is 0.411 e. The highest BCUT2D eigenvalue weighted by molar-refractivity contribution is 7.80. The SMILES string of the molecule is Nc1cccc(C(c2cccc(N)c2S)(C(F)(F)F)C(F)(F)F)c1S. The number of alkyl halides is 6. The molecule has 0 radical (unpaired) electrons. The highest BCUT2D eigenvalue weighted by atomic mass is 32.1. The number of thiol groups is 2. The number of rotatable bonds is 2. The summed E-state index contributed by atoms with van der Waals surface area (Å²) in [6.07, 6.45) is -11.5. The van der Waals surface area contributed by atoms with Gasteiger partial charge < -0.3 is 11.5 Å². The van der Waals surface area contributed by atoms with E-state index >= 15 is 0 Å². The number of hydrogen-bond acceptors (Lipinski definition) is 4. The van der Waals surface area contributed by atoms with Crippen molar-refractivity contribution in [3.8, 4) is 0 Å². The van der Waals surface area contributed by atoms with Crippen LogP contribution in [0.2, 0.25) is 0 Å². The minimum atomic E-state index is -5.76. The van der Waals surface area contributed by atoms with Crippen molar-refractivity contribution >= 4 is 36.6 Å². The van der Waals surface area contributed by atoms with Crippen molar-refractivity contribution < 1.29 is 26.3 Å². The average Bonchev–Trinajstić information content (AvgIpc) is 2.45. The van der Waals surface area contributed by atoms with Gasteiger partial charge in [0.2, 0.25) is 5.41 Å². The van der Waals surface area contributed by atoms with Crippen molar-refractivity contribution in [3.05, 3.63) is 47.5 Å². The molecule has 0 bridgehead atoms. The molecule has 0 aliphatic rings. The first-order chi connectivity index (χ1) is 11.4. The lowest BCUT2D eigenvalue weighted by atomic mass is 9.72. The van der Waals surface area contributed by atoms with Gasteiger partial charge in [0.25, 0.3) is 0 Å². The van der Waals surface area contributed by atoms with Gasteiger partial charge in [0.15, 0.2) is 0 Å². The van der Waals surface area contributed by atoms with Crippen molar-refractivity contribution in [1.29, 1.82) is 0 Å². The molecule has 0 aliphatic heterocycles. The Morgan fingerprint density at radius 1 is 0.640 bits per heavy atom. The van der Waals surface area contributed by atoms with Gasteiger partial charge in [-0.2, -0.15) is 26.3 Å². The molecule has 0 fully saturated rings. The van der Waals surface area contributed by atoms with E-state index in [4.69, 9.17) is 11.5 Å². The van der Waals surface area contributed by atoms with E-state index in [2.05, 4.69) is 25.3 Å². The van der Waals surface area contributed by atoms with Gasteiger partial charge in [-0.05, 0) is 23.3 Å². The van der Waals surface area contributed by atoms with Crippen LogP contribution in [-0.4, -0.2) is 12.4 Å². The summed E-state index contributed by atoms with van der Waals surface area (Å²) in [4.78, 5) is -1.24. The number of nitrogen functional groups attached to an aromatic ring is 2. The molecule has 0 amide bonds. The molecule has 0 saturated heterocycles. The van der Waals surface area contributed by atoms with Crippen LogP contribution in [0.15, 0.2) is 46.2 Å². The molecule has 0 atom stereocenters. The maximum absolute atomic E-state index is 14.0. The van der Waals surface area contributed by atoms with Gasteiger partial charge in [-0.15, -0.1) is 25.3 Å². The van der Waals surface area contributed by atoms with E-state index in [1.807, 2.05) is 0 Å². The molecule has 25 heavy (non-hydrogen) atoms. The number of hydrogen-bond donors (Lipinski definition) is 4. The van der Waals surface area contributed by atoms with Crippen molar-refractivity contribution in [2.75, 3.05) is 11.5 Å². The summed E-state index contributed by atoms with van der Waals surface area (Å²) in [6.45, 7) is 0. The van der Waals surface area contributed by atoms with Crippen LogP contribution in [0, 0.1) is 0 Å². The highest BCUT2D eigenvalue weighted by Gasteiger charge is 2.73. The quantitative estimate of drug-likeness (QED) is 0.333. The van der Waals surface area contributed by atoms with Gasteiger partial charge in [0, 0.05) is 21.2 Å². The second-order valence-electron chi connectivity index (χ2n) is 5.23. The molecule has 2 nitrogen and oxygen atoms in total. The molecular weight excluding hydrogens is 386 g/mol. The molecule has 0 aromatic heterocycles. The van der Waals surface area contributed by atoms with Gasteiger partial charge >= 0.3 is 12.4 Å². The standard InChI is InChI=1S/C15H12F6N2S2/c16-14(17,18)13(15(19,20)21,7-3-1-5-9(22)11(7)24)8-4-2-6-10(23)12(8)25/h1-6,24-25H,22-23H2. The van der Waals surface area contributed by atoms with Crippen LogP contribution >= 0.6 is 25.3 Å². The third-order valence-electron chi connectivity index (χ3n) is 3.79. The van der Waals surface area contributed by atoms with Gasteiger partial charge in [0.05, 0.1) is 0 Å². The van der Waals surface area contributed by atoms with Crippen molar-refractivity contribution in [3.63, 3.8) is 0 Å². The van der Waals surface area contributed by atoms with Crippen LogP contribution in [0.25, 0.3) is 0 Å². The maximum Gasteiger partial charge on any atom is 0.411 e. The summed E-state index contributed by atoms with van der Waals surface area (Å²) in [5, 5.41) is 0. The average molecular weight is 398 g/mol. The summed E-state index contributed by atoms with van der Waals surface area (Å²) >= 11 is 7.60. The fourth-order valence-electron chi connectivity index (χ4n) is 2.64. The lowest BCUT2D eigenvalue weighted by Gasteiger charge is -2.39. The molecule has 0 unspecified atom stereocenters. The minimum absolute atomic E-state index is 0.316. The summed E-state index contributed by atoms with van der Waals surface area (Å²) in [5.74, 6) is 0. The molecule has 2 aromatic rings. The second kappa shape index (κ2) is 6.24. The van der Waals surface area contributed by atoms with Crippen molar-refractivity contribution in [2.24, 2.45) is 0 Å². The van der Waals surface area contributed by atoms with E-state index in [1.165, 1.54) is 0 Å². The monoisotopic (exact) mass is 398 g/mol. The molecule has 0 aliphatic carbocycles. The maximum atomic E-state index is 14.0. The molecule has 10 heteroatoms. The molecule has 0 spiro atoms. The lowest BCUT2D eigenvalue weighted by Crippen LogP contribution is -2.55. The van der Waals surface area contributed by atoms with Gasteiger partial charge in [-0.1, -0.05) is 24.3 Å². The molecule has 2 rings (SSSR count). The molecule has 0 saturated carbocycles. The topological polar surface area (TPSA) is 52.0 Å². The summed E-state index contributed by atoms with van der Waals surface area (Å²) in [5.41, 5.74) is 3.68. The van der Waals surface area contributed by atoms with Crippen molar-refractivity contribution in [1.82, 2.24) is 0 Å². The third-order valence-corrected chi connectivity index (χ3v) is 4.79. The Morgan fingerprint density at radius 2 is 0.960 bits per heavy atom. The number of nitrogens with two attached hydrogens (primary N) is 2. The van der Waals surface area contributed by atoms with Crippen LogP contribution in [0.1, 0.15) is 11.1 Å². The zero-order chi connectivity index (χ0) is 19.2. The molecule has 4 N–H and O–H groups in total. The second-order valence-corrected chi connectivity index (χ2v) is 6.13. The molecular formula is C15H12F6N2S2. The Hall–Kier alpha value is -1.68. The van der Waals surface area contributed by atoms with Gasteiger partial charge in [-0.3, -0.25) is 0 Å². The fourth-order valence-corrected chi connectivity index (χ4v) is 3.28. The van der Waals surface area contributed by atoms with Gasteiger partial charge in [0.1, 0.15) is 0 Å². The van der Waals surface area contributed by atoms with Crippen LogP contribution in [0.3, 0.4) is 0 Å². The summed E-state index contributed by atoms with van der Waals surface area (Å²) in [6, 6.07) is 5.70. The van der Waals surface area contributed by atoms with E-state index < -0.39 is 38.7 Å². The van der Waals surface area contributed by atoms with Gasteiger partial charge in [-0.25, -0.2) is 0 Å². The van der Waals surface area contributed by atoms with Crippen LogP contribution in [-0.2, 0) is 5.41 Å². The lowest BCUT2D eigenvalue weighted by molar-refractivity contribution is -0.289. The van der Waals surface area contributed by atoms with E-state index in [9.17, 15) is 26.3 Å². The highest BCUT2D eigenvalue weighted by Crippen LogP contribution is 2.59. The number of halogens is 6.